The van der Waals surface area contributed by atoms with E-state index in [9.17, 15) is 4.79 Å². The van der Waals surface area contributed by atoms with Crippen LogP contribution in [0, 0.1) is 0 Å². The van der Waals surface area contributed by atoms with Crippen LogP contribution in [-0.2, 0) is 11.3 Å². The van der Waals surface area contributed by atoms with Crippen molar-refractivity contribution in [3.05, 3.63) is 48.3 Å². The Labute approximate surface area is 148 Å². The molecule has 1 aliphatic heterocycles. The van der Waals surface area contributed by atoms with Gasteiger partial charge in [0.15, 0.2) is 0 Å². The van der Waals surface area contributed by atoms with Gasteiger partial charge in [-0.25, -0.2) is 9.48 Å². The highest BCUT2D eigenvalue weighted by atomic mass is 16.5. The number of morpholine rings is 1. The number of rotatable bonds is 6. The van der Waals surface area contributed by atoms with Gasteiger partial charge in [0.05, 0.1) is 18.9 Å². The van der Waals surface area contributed by atoms with E-state index in [1.54, 1.807) is 10.9 Å². The second-order valence-corrected chi connectivity index (χ2v) is 6.18. The van der Waals surface area contributed by atoms with Crippen LogP contribution < -0.4 is 10.6 Å². The van der Waals surface area contributed by atoms with Crippen LogP contribution in [-0.4, -0.2) is 59.6 Å². The lowest BCUT2D eigenvalue weighted by Gasteiger charge is -2.32. The molecular weight excluding hydrogens is 318 g/mol. The summed E-state index contributed by atoms with van der Waals surface area (Å²) in [4.78, 5) is 14.3. The second-order valence-electron chi connectivity index (χ2n) is 6.18. The van der Waals surface area contributed by atoms with Crippen LogP contribution >= 0.6 is 0 Å². The van der Waals surface area contributed by atoms with Crippen LogP contribution in [0.4, 0.5) is 4.79 Å². The fourth-order valence-electron chi connectivity index (χ4n) is 2.82. The largest absolute Gasteiger partial charge is 0.379 e. The molecule has 2 amide bonds. The molecule has 3 rings (SSSR count). The Morgan fingerprint density at radius 2 is 2.00 bits per heavy atom. The Bertz CT molecular complexity index is 651. The average Bonchev–Trinajstić information content (AvgIpc) is 3.20. The molecule has 0 bridgehead atoms. The number of urea groups is 1. The molecular formula is C18H25N5O2. The maximum Gasteiger partial charge on any atom is 0.315 e. The van der Waals surface area contributed by atoms with E-state index >= 15 is 0 Å². The first-order valence-corrected chi connectivity index (χ1v) is 8.65. The minimum atomic E-state index is -0.142. The molecule has 2 aromatic rings. The first-order chi connectivity index (χ1) is 12.2. The molecule has 0 spiro atoms. The number of hydrogen-bond acceptors (Lipinski definition) is 4. The monoisotopic (exact) mass is 343 g/mol. The van der Waals surface area contributed by atoms with Crippen molar-refractivity contribution in [1.82, 2.24) is 25.3 Å². The molecule has 0 saturated carbocycles. The van der Waals surface area contributed by atoms with Crippen LogP contribution in [0.25, 0.3) is 5.69 Å². The fourth-order valence-corrected chi connectivity index (χ4v) is 2.82. The predicted molar refractivity (Wildman–Crippen MR) is 95.7 cm³/mol. The normalized spacial score (nSPS) is 16.4. The van der Waals surface area contributed by atoms with Crippen molar-refractivity contribution in [2.75, 3.05) is 32.8 Å². The van der Waals surface area contributed by atoms with Gasteiger partial charge in [0.1, 0.15) is 0 Å². The number of ether oxygens (including phenoxy) is 1. The maximum absolute atomic E-state index is 12.0. The molecule has 2 N–H and O–H groups in total. The van der Waals surface area contributed by atoms with E-state index in [2.05, 4.69) is 27.6 Å². The van der Waals surface area contributed by atoms with E-state index in [4.69, 9.17) is 4.74 Å². The SMILES string of the molecule is CC(CNC(=O)NCc1ccc(-n2cccn2)cc1)N1CCOCC1. The number of carbonyl (C=O) groups is 1. The summed E-state index contributed by atoms with van der Waals surface area (Å²) in [5, 5.41) is 10.0. The standard InChI is InChI=1S/C18H25N5O2/c1-15(22-9-11-25-12-10-22)13-19-18(24)20-14-16-3-5-17(6-4-16)23-8-2-7-21-23/h2-8,15H,9-14H2,1H3,(H2,19,20,24). The first kappa shape index (κ1) is 17.4. The van der Waals surface area contributed by atoms with E-state index < -0.39 is 0 Å². The average molecular weight is 343 g/mol. The highest BCUT2D eigenvalue weighted by Gasteiger charge is 2.17. The van der Waals surface area contributed by atoms with Gasteiger partial charge in [0.25, 0.3) is 0 Å². The van der Waals surface area contributed by atoms with Gasteiger partial charge in [-0.15, -0.1) is 0 Å². The van der Waals surface area contributed by atoms with Gasteiger partial charge in [-0.2, -0.15) is 5.10 Å². The minimum absolute atomic E-state index is 0.142. The highest BCUT2D eigenvalue weighted by molar-refractivity contribution is 5.73. The lowest BCUT2D eigenvalue weighted by molar-refractivity contribution is 0.0209. The number of carbonyl (C=O) groups excluding carboxylic acids is 1. The summed E-state index contributed by atoms with van der Waals surface area (Å²) in [5.41, 5.74) is 2.05. The topological polar surface area (TPSA) is 71.4 Å². The van der Waals surface area contributed by atoms with Crippen molar-refractivity contribution in [3.63, 3.8) is 0 Å². The quantitative estimate of drug-likeness (QED) is 0.832. The Morgan fingerprint density at radius 3 is 2.68 bits per heavy atom. The Kier molecular flexibility index (Phi) is 6.03. The van der Waals surface area contributed by atoms with Crippen LogP contribution in [0.3, 0.4) is 0 Å². The van der Waals surface area contributed by atoms with Gasteiger partial charge in [0.2, 0.25) is 0 Å². The van der Waals surface area contributed by atoms with E-state index in [-0.39, 0.29) is 6.03 Å². The zero-order valence-electron chi connectivity index (χ0n) is 14.5. The van der Waals surface area contributed by atoms with E-state index in [0.29, 0.717) is 19.1 Å². The summed E-state index contributed by atoms with van der Waals surface area (Å²) in [6.45, 7) is 6.64. The van der Waals surface area contributed by atoms with Gasteiger partial charge in [-0.05, 0) is 30.7 Å². The summed E-state index contributed by atoms with van der Waals surface area (Å²) in [5.74, 6) is 0. The number of nitrogens with zero attached hydrogens (tertiary/aromatic N) is 3. The molecule has 1 saturated heterocycles. The minimum Gasteiger partial charge on any atom is -0.379 e. The highest BCUT2D eigenvalue weighted by Crippen LogP contribution is 2.08. The molecule has 7 nitrogen and oxygen atoms in total. The van der Waals surface area contributed by atoms with Crippen LogP contribution in [0.5, 0.6) is 0 Å². The lowest BCUT2D eigenvalue weighted by Crippen LogP contribution is -2.48. The van der Waals surface area contributed by atoms with Crippen LogP contribution in [0.2, 0.25) is 0 Å². The second kappa shape index (κ2) is 8.64. The van der Waals surface area contributed by atoms with E-state index in [1.165, 1.54) is 0 Å². The Morgan fingerprint density at radius 1 is 1.24 bits per heavy atom. The summed E-state index contributed by atoms with van der Waals surface area (Å²) in [7, 11) is 0. The van der Waals surface area contributed by atoms with Gasteiger partial charge in [0, 0.05) is 44.6 Å². The van der Waals surface area contributed by atoms with Crippen molar-refractivity contribution in [2.24, 2.45) is 0 Å². The van der Waals surface area contributed by atoms with Crippen LogP contribution in [0.15, 0.2) is 42.7 Å². The fraction of sp³-hybridized carbons (Fsp3) is 0.444. The summed E-state index contributed by atoms with van der Waals surface area (Å²) in [6.07, 6.45) is 3.65. The molecule has 1 aliphatic rings. The molecule has 7 heteroatoms. The third-order valence-electron chi connectivity index (χ3n) is 4.39. The summed E-state index contributed by atoms with van der Waals surface area (Å²) < 4.78 is 7.15. The molecule has 1 aromatic heterocycles. The van der Waals surface area contributed by atoms with Gasteiger partial charge >= 0.3 is 6.03 Å². The third kappa shape index (κ3) is 5.04. The molecule has 1 aromatic carbocycles. The maximum atomic E-state index is 12.0. The predicted octanol–water partition coefficient (Wildman–Crippen LogP) is 1.39. The number of hydrogen-bond donors (Lipinski definition) is 2. The Balaban J connectivity index is 1.39. The van der Waals surface area contributed by atoms with E-state index in [1.807, 2.05) is 36.5 Å². The molecule has 2 heterocycles. The number of aromatic nitrogens is 2. The van der Waals surface area contributed by atoms with Crippen molar-refractivity contribution in [3.8, 4) is 5.69 Å². The molecule has 25 heavy (non-hydrogen) atoms. The van der Waals surface area contributed by atoms with Gasteiger partial charge < -0.3 is 15.4 Å². The van der Waals surface area contributed by atoms with Crippen molar-refractivity contribution in [2.45, 2.75) is 19.5 Å². The molecule has 1 unspecified atom stereocenters. The summed E-state index contributed by atoms with van der Waals surface area (Å²) in [6, 6.07) is 10.0. The van der Waals surface area contributed by atoms with Crippen LogP contribution in [0.1, 0.15) is 12.5 Å². The smallest absolute Gasteiger partial charge is 0.315 e. The first-order valence-electron chi connectivity index (χ1n) is 8.65. The number of nitrogens with one attached hydrogen (secondary N) is 2. The van der Waals surface area contributed by atoms with Gasteiger partial charge in [-0.1, -0.05) is 12.1 Å². The Hall–Kier alpha value is -2.38. The van der Waals surface area contributed by atoms with Crippen molar-refractivity contribution >= 4 is 6.03 Å². The molecule has 1 fully saturated rings. The zero-order chi connectivity index (χ0) is 17.5. The van der Waals surface area contributed by atoms with Gasteiger partial charge in [-0.3, -0.25) is 4.90 Å². The lowest BCUT2D eigenvalue weighted by atomic mass is 10.2. The number of benzene rings is 1. The summed E-state index contributed by atoms with van der Waals surface area (Å²) >= 11 is 0. The molecule has 0 radical (unpaired) electrons. The number of amides is 2. The molecule has 1 atom stereocenters. The van der Waals surface area contributed by atoms with Crippen molar-refractivity contribution < 1.29 is 9.53 Å². The van der Waals surface area contributed by atoms with E-state index in [0.717, 1.165) is 37.6 Å². The molecule has 134 valence electrons. The zero-order valence-corrected chi connectivity index (χ0v) is 14.5. The third-order valence-corrected chi connectivity index (χ3v) is 4.39. The van der Waals surface area contributed by atoms with Crippen molar-refractivity contribution in [1.29, 1.82) is 0 Å². The molecule has 0 aliphatic carbocycles.